The van der Waals surface area contributed by atoms with Gasteiger partial charge in [-0.3, -0.25) is 0 Å². The molecule has 1 atom stereocenters. The van der Waals surface area contributed by atoms with Crippen molar-refractivity contribution in [2.45, 2.75) is 51.2 Å². The van der Waals surface area contributed by atoms with Crippen LogP contribution in [0.2, 0.25) is 0 Å². The molecule has 0 radical (unpaired) electrons. The Morgan fingerprint density at radius 2 is 2.00 bits per heavy atom. The highest BCUT2D eigenvalue weighted by molar-refractivity contribution is 5.06. The predicted octanol–water partition coefficient (Wildman–Crippen LogP) is 1.50. The third-order valence-corrected chi connectivity index (χ3v) is 4.17. The number of nitrogens with zero attached hydrogens (tertiary/aromatic N) is 2. The third kappa shape index (κ3) is 2.80. The monoisotopic (exact) mass is 269 g/mol. The van der Waals surface area contributed by atoms with Crippen LogP contribution < -0.4 is 5.73 Å². The lowest BCUT2D eigenvalue weighted by Gasteiger charge is -2.40. The third-order valence-electron chi connectivity index (χ3n) is 4.17. The van der Waals surface area contributed by atoms with E-state index in [4.69, 9.17) is 20.1 Å². The Balaban J connectivity index is 2.20. The van der Waals surface area contributed by atoms with Gasteiger partial charge in [0.15, 0.2) is 0 Å². The van der Waals surface area contributed by atoms with E-state index in [1.807, 2.05) is 0 Å². The summed E-state index contributed by atoms with van der Waals surface area (Å²) in [5.74, 6) is 0.808. The van der Waals surface area contributed by atoms with Crippen LogP contribution in [0, 0.1) is 5.41 Å². The zero-order valence-corrected chi connectivity index (χ0v) is 11.8. The normalized spacial score (nSPS) is 23.2. The lowest BCUT2D eigenvalue weighted by Crippen LogP contribution is -2.37. The fourth-order valence-electron chi connectivity index (χ4n) is 2.50. The molecule has 0 amide bonds. The van der Waals surface area contributed by atoms with Crippen molar-refractivity contribution in [2.24, 2.45) is 11.1 Å². The first-order valence-corrected chi connectivity index (χ1v) is 6.68. The van der Waals surface area contributed by atoms with E-state index in [1.54, 1.807) is 7.11 Å². The maximum absolute atomic E-state index is 9.01. The molecule has 2 rings (SSSR count). The highest BCUT2D eigenvalue weighted by atomic mass is 16.5. The van der Waals surface area contributed by atoms with E-state index in [1.165, 1.54) is 0 Å². The Bertz CT molecular complexity index is 421. The van der Waals surface area contributed by atoms with Crippen LogP contribution in [-0.4, -0.2) is 29.0 Å². The van der Waals surface area contributed by atoms with E-state index in [0.29, 0.717) is 11.2 Å². The van der Waals surface area contributed by atoms with Crippen molar-refractivity contribution in [1.29, 1.82) is 0 Å². The molecule has 1 heterocycles. The van der Waals surface area contributed by atoms with E-state index in [9.17, 15) is 0 Å². The molecule has 1 aromatic rings. The molecule has 3 N–H and O–H groups in total. The largest absolute Gasteiger partial charge is 0.394 e. The van der Waals surface area contributed by atoms with Crippen LogP contribution >= 0.6 is 0 Å². The predicted molar refractivity (Wildman–Crippen MR) is 69.2 cm³/mol. The van der Waals surface area contributed by atoms with Gasteiger partial charge >= 0.3 is 0 Å². The minimum absolute atomic E-state index is 0.214. The molecular weight excluding hydrogens is 246 g/mol. The number of methoxy groups -OCH3 is 1. The molecule has 108 valence electrons. The molecule has 0 aromatic carbocycles. The Labute approximate surface area is 113 Å². The minimum Gasteiger partial charge on any atom is -0.394 e. The Morgan fingerprint density at radius 1 is 1.37 bits per heavy atom. The van der Waals surface area contributed by atoms with Gasteiger partial charge in [0.25, 0.3) is 0 Å². The van der Waals surface area contributed by atoms with Gasteiger partial charge in [0, 0.05) is 7.11 Å². The van der Waals surface area contributed by atoms with Crippen LogP contribution in [0.25, 0.3) is 0 Å². The highest BCUT2D eigenvalue weighted by Crippen LogP contribution is 2.46. The molecular formula is C13H23N3O3. The lowest BCUT2D eigenvalue weighted by atomic mass is 9.70. The summed E-state index contributed by atoms with van der Waals surface area (Å²) in [6.45, 7) is 4.31. The van der Waals surface area contributed by atoms with Crippen molar-refractivity contribution in [3.63, 3.8) is 0 Å². The maximum Gasteiger partial charge on any atom is 0.246 e. The van der Waals surface area contributed by atoms with E-state index in [2.05, 4.69) is 24.0 Å². The zero-order valence-electron chi connectivity index (χ0n) is 11.8. The van der Waals surface area contributed by atoms with Crippen molar-refractivity contribution in [3.8, 4) is 0 Å². The molecule has 0 aliphatic heterocycles. The SMILES string of the molecule is COC1(c2noc(C(N)CO)n2)CCC(C)(C)CC1. The van der Waals surface area contributed by atoms with Gasteiger partial charge in [-0.15, -0.1) is 0 Å². The minimum atomic E-state index is -0.629. The summed E-state index contributed by atoms with van der Waals surface area (Å²) in [6.07, 6.45) is 3.83. The molecule has 0 spiro atoms. The summed E-state index contributed by atoms with van der Waals surface area (Å²) in [5.41, 5.74) is 5.53. The standard InChI is InChI=1S/C13H23N3O3/c1-12(2)4-6-13(18-3,7-5-12)11-15-10(19-16-11)9(14)8-17/h9,17H,4-8,14H2,1-3H3. The molecule has 1 aromatic heterocycles. The van der Waals surface area contributed by atoms with Gasteiger partial charge in [-0.25, -0.2) is 0 Å². The highest BCUT2D eigenvalue weighted by Gasteiger charge is 2.43. The number of hydrogen-bond donors (Lipinski definition) is 2. The average Bonchev–Trinajstić information content (AvgIpc) is 2.89. The summed E-state index contributed by atoms with van der Waals surface area (Å²) in [5, 5.41) is 13.0. The van der Waals surface area contributed by atoms with Crippen molar-refractivity contribution >= 4 is 0 Å². The first kappa shape index (κ1) is 14.4. The number of hydrogen-bond acceptors (Lipinski definition) is 6. The molecule has 1 aliphatic carbocycles. The molecule has 0 bridgehead atoms. The van der Waals surface area contributed by atoms with Crippen molar-refractivity contribution in [1.82, 2.24) is 10.1 Å². The summed E-state index contributed by atoms with van der Waals surface area (Å²) in [4.78, 5) is 4.31. The van der Waals surface area contributed by atoms with Gasteiger partial charge in [-0.05, 0) is 31.1 Å². The molecule has 19 heavy (non-hydrogen) atoms. The Morgan fingerprint density at radius 3 is 2.53 bits per heavy atom. The van der Waals surface area contributed by atoms with Gasteiger partial charge < -0.3 is 20.1 Å². The van der Waals surface area contributed by atoms with E-state index < -0.39 is 11.6 Å². The van der Waals surface area contributed by atoms with Gasteiger partial charge in [0.2, 0.25) is 11.7 Å². The zero-order chi connectivity index (χ0) is 14.1. The van der Waals surface area contributed by atoms with E-state index in [0.717, 1.165) is 25.7 Å². The summed E-state index contributed by atoms with van der Waals surface area (Å²) in [7, 11) is 1.68. The van der Waals surface area contributed by atoms with Crippen LogP contribution in [0.5, 0.6) is 0 Å². The summed E-state index contributed by atoms with van der Waals surface area (Å²) in [6, 6.07) is -0.629. The Kier molecular flexibility index (Phi) is 3.94. The number of aromatic nitrogens is 2. The maximum atomic E-state index is 9.01. The molecule has 1 aliphatic rings. The second kappa shape index (κ2) is 5.19. The van der Waals surface area contributed by atoms with Crippen molar-refractivity contribution in [3.05, 3.63) is 11.7 Å². The first-order chi connectivity index (χ1) is 8.92. The van der Waals surface area contributed by atoms with E-state index in [-0.39, 0.29) is 12.5 Å². The lowest BCUT2D eigenvalue weighted by molar-refractivity contribution is -0.0740. The number of aliphatic hydroxyl groups excluding tert-OH is 1. The van der Waals surface area contributed by atoms with Crippen LogP contribution in [0.3, 0.4) is 0 Å². The van der Waals surface area contributed by atoms with Crippen LogP contribution in [0.4, 0.5) is 0 Å². The van der Waals surface area contributed by atoms with Gasteiger partial charge in [0.1, 0.15) is 11.6 Å². The van der Waals surface area contributed by atoms with E-state index >= 15 is 0 Å². The number of rotatable bonds is 4. The second-order valence-electron chi connectivity index (χ2n) is 6.11. The van der Waals surface area contributed by atoms with Gasteiger partial charge in [0.05, 0.1) is 6.61 Å². The van der Waals surface area contributed by atoms with Crippen LogP contribution in [-0.2, 0) is 10.3 Å². The molecule has 1 fully saturated rings. The van der Waals surface area contributed by atoms with Crippen LogP contribution in [0.1, 0.15) is 57.3 Å². The van der Waals surface area contributed by atoms with Gasteiger partial charge in [-0.2, -0.15) is 4.98 Å². The number of nitrogens with two attached hydrogens (primary N) is 1. The molecule has 0 saturated heterocycles. The fraction of sp³-hybridized carbons (Fsp3) is 0.846. The number of aliphatic hydroxyl groups is 1. The molecule has 1 saturated carbocycles. The van der Waals surface area contributed by atoms with Crippen LogP contribution in [0.15, 0.2) is 4.52 Å². The quantitative estimate of drug-likeness (QED) is 0.860. The van der Waals surface area contributed by atoms with Gasteiger partial charge in [-0.1, -0.05) is 19.0 Å². The smallest absolute Gasteiger partial charge is 0.246 e. The van der Waals surface area contributed by atoms with Crippen molar-refractivity contribution in [2.75, 3.05) is 13.7 Å². The van der Waals surface area contributed by atoms with Crippen molar-refractivity contribution < 1.29 is 14.4 Å². The summed E-state index contributed by atoms with van der Waals surface area (Å²) < 4.78 is 10.8. The fourth-order valence-corrected chi connectivity index (χ4v) is 2.50. The molecule has 6 nitrogen and oxygen atoms in total. The summed E-state index contributed by atoms with van der Waals surface area (Å²) >= 11 is 0. The molecule has 6 heteroatoms. The average molecular weight is 269 g/mol. The second-order valence-corrected chi connectivity index (χ2v) is 6.11. The first-order valence-electron chi connectivity index (χ1n) is 6.68. The molecule has 1 unspecified atom stereocenters. The Hall–Kier alpha value is -0.980. The number of ether oxygens (including phenoxy) is 1. The topological polar surface area (TPSA) is 94.4 Å².